The molecule has 0 unspecified atom stereocenters. The van der Waals surface area contributed by atoms with Gasteiger partial charge in [0.15, 0.2) is 11.7 Å². The Bertz CT molecular complexity index is 1570. The van der Waals surface area contributed by atoms with Gasteiger partial charge in [0, 0.05) is 40.0 Å². The normalized spacial score (nSPS) is 11.2. The minimum Gasteiger partial charge on any atom is -0.508 e. The average molecular weight is 482 g/mol. The molecular weight excluding hydrogens is 462 g/mol. The number of hydrogen-bond acceptors (Lipinski definition) is 6. The zero-order valence-electron chi connectivity index (χ0n) is 18.2. The summed E-state index contributed by atoms with van der Waals surface area (Å²) in [7, 11) is 0. The predicted molar refractivity (Wildman–Crippen MR) is 137 cm³/mol. The summed E-state index contributed by atoms with van der Waals surface area (Å²) in [5, 5.41) is 25.3. The first-order valence-electron chi connectivity index (χ1n) is 10.7. The number of anilines is 1. The highest BCUT2D eigenvalue weighted by molar-refractivity contribution is 7.12. The van der Waals surface area contributed by atoms with E-state index in [1.165, 1.54) is 23.6 Å². The van der Waals surface area contributed by atoms with E-state index in [1.54, 1.807) is 66.7 Å². The van der Waals surface area contributed by atoms with Crippen molar-refractivity contribution in [2.24, 2.45) is 4.99 Å². The van der Waals surface area contributed by atoms with Gasteiger partial charge >= 0.3 is 0 Å². The zero-order chi connectivity index (χ0) is 24.4. The molecule has 8 heteroatoms. The number of nitrogens with zero attached hydrogens (tertiary/aromatic N) is 1. The van der Waals surface area contributed by atoms with Crippen LogP contribution in [0.3, 0.4) is 0 Å². The molecule has 0 spiro atoms. The van der Waals surface area contributed by atoms with E-state index in [0.717, 1.165) is 0 Å². The number of phenols is 1. The molecule has 0 atom stereocenters. The lowest BCUT2D eigenvalue weighted by Gasteiger charge is -2.06. The number of thiophene rings is 1. The fourth-order valence-electron chi connectivity index (χ4n) is 3.66. The van der Waals surface area contributed by atoms with E-state index < -0.39 is 0 Å². The highest BCUT2D eigenvalue weighted by atomic mass is 32.1. The number of fused-ring (bicyclic) bond motifs is 1. The smallest absolute Gasteiger partial charge is 0.265 e. The molecule has 2 aromatic heterocycles. The van der Waals surface area contributed by atoms with Crippen LogP contribution in [-0.4, -0.2) is 33.1 Å². The van der Waals surface area contributed by atoms with E-state index in [9.17, 15) is 19.8 Å². The lowest BCUT2D eigenvalue weighted by atomic mass is 10.0. The summed E-state index contributed by atoms with van der Waals surface area (Å²) in [6.45, 7) is 0. The number of rotatable bonds is 6. The monoisotopic (exact) mass is 481 g/mol. The summed E-state index contributed by atoms with van der Waals surface area (Å²) in [6, 6.07) is 21.9. The number of aliphatic imine (C=N–C) groups is 1. The van der Waals surface area contributed by atoms with Crippen molar-refractivity contribution in [1.82, 2.24) is 4.98 Å². The van der Waals surface area contributed by atoms with Gasteiger partial charge in [-0.15, -0.1) is 11.3 Å². The summed E-state index contributed by atoms with van der Waals surface area (Å²) in [5.74, 6) is -0.352. The number of aromatic amines is 1. The fraction of sp³-hybridized carbons (Fsp3) is 0. The van der Waals surface area contributed by atoms with Gasteiger partial charge in [-0.25, -0.2) is 0 Å². The van der Waals surface area contributed by atoms with Gasteiger partial charge in [-0.2, -0.15) is 0 Å². The van der Waals surface area contributed by atoms with Gasteiger partial charge in [-0.05, 0) is 53.9 Å². The molecule has 0 radical (unpaired) electrons. The first-order valence-corrected chi connectivity index (χ1v) is 11.5. The van der Waals surface area contributed by atoms with E-state index in [2.05, 4.69) is 15.3 Å². The quantitative estimate of drug-likeness (QED) is 0.179. The van der Waals surface area contributed by atoms with Crippen LogP contribution >= 0.6 is 11.3 Å². The number of carbonyl (C=O) groups excluding carboxylic acids is 2. The van der Waals surface area contributed by atoms with E-state index in [-0.39, 0.29) is 23.3 Å². The lowest BCUT2D eigenvalue weighted by molar-refractivity contribution is 0.102. The number of H-pyrrole nitrogens is 1. The molecule has 0 aliphatic carbocycles. The molecule has 0 aliphatic heterocycles. The third-order valence-electron chi connectivity index (χ3n) is 5.40. The Morgan fingerprint density at radius 3 is 2.46 bits per heavy atom. The predicted octanol–water partition coefficient (Wildman–Crippen LogP) is 5.87. The number of amides is 1. The van der Waals surface area contributed by atoms with Crippen LogP contribution in [0.5, 0.6) is 11.6 Å². The Hall–Kier alpha value is -4.69. The minimum atomic E-state index is -0.195. The van der Waals surface area contributed by atoms with Gasteiger partial charge in [0.25, 0.3) is 5.91 Å². The van der Waals surface area contributed by atoms with Gasteiger partial charge in [0.2, 0.25) is 0 Å². The second-order valence-electron chi connectivity index (χ2n) is 7.76. The average Bonchev–Trinajstić information content (AvgIpc) is 3.50. The van der Waals surface area contributed by atoms with E-state index >= 15 is 0 Å². The molecule has 172 valence electrons. The third-order valence-corrected chi connectivity index (χ3v) is 6.27. The minimum absolute atomic E-state index is 0.0701. The Morgan fingerprint density at radius 1 is 0.914 bits per heavy atom. The maximum atomic E-state index is 13.0. The Kier molecular flexibility index (Phi) is 5.87. The van der Waals surface area contributed by atoms with Crippen molar-refractivity contribution in [1.29, 1.82) is 0 Å². The van der Waals surface area contributed by atoms with Gasteiger partial charge in [0.05, 0.1) is 16.1 Å². The molecule has 5 rings (SSSR count). The SMILES string of the molecule is O=C(c1ccc(NC(=O)c2cccs2)cc1)c1ccc2c(C=Nc3cccc(O)c3)c(O)[nH]c2c1. The number of benzene rings is 3. The standard InChI is InChI=1S/C27H19N3O4S/c31-20-4-1-3-19(14-20)28-15-22-21-11-8-17(13-23(21)30-26(22)33)25(32)16-6-9-18(10-7-16)29-27(34)24-5-2-12-35-24/h1-15,30-31,33H,(H,29,34). The second-order valence-corrected chi connectivity index (χ2v) is 8.71. The number of nitrogens with one attached hydrogen (secondary N) is 2. The van der Waals surface area contributed by atoms with Gasteiger partial charge < -0.3 is 20.5 Å². The number of phenolic OH excluding ortho intramolecular Hbond substituents is 1. The van der Waals surface area contributed by atoms with E-state index in [0.29, 0.717) is 43.8 Å². The molecule has 4 N–H and O–H groups in total. The molecule has 7 nitrogen and oxygen atoms in total. The topological polar surface area (TPSA) is 115 Å². The fourth-order valence-corrected chi connectivity index (χ4v) is 4.28. The van der Waals surface area contributed by atoms with Crippen LogP contribution < -0.4 is 5.32 Å². The molecule has 35 heavy (non-hydrogen) atoms. The summed E-state index contributed by atoms with van der Waals surface area (Å²) in [5.41, 5.74) is 3.13. The number of carbonyl (C=O) groups is 2. The van der Waals surface area contributed by atoms with E-state index in [1.807, 2.05) is 11.4 Å². The van der Waals surface area contributed by atoms with Gasteiger partial charge in [-0.1, -0.05) is 24.3 Å². The molecular formula is C27H19N3O4S. The first kappa shape index (κ1) is 22.1. The third kappa shape index (κ3) is 4.68. The largest absolute Gasteiger partial charge is 0.508 e. The molecule has 0 saturated carbocycles. The molecule has 5 aromatic rings. The van der Waals surface area contributed by atoms with Crippen molar-refractivity contribution in [2.45, 2.75) is 0 Å². The molecule has 0 bridgehead atoms. The molecule has 3 aromatic carbocycles. The van der Waals surface area contributed by atoms with Crippen molar-refractivity contribution in [3.63, 3.8) is 0 Å². The number of ketones is 1. The van der Waals surface area contributed by atoms with Crippen LogP contribution in [0.25, 0.3) is 10.9 Å². The highest BCUT2D eigenvalue weighted by Gasteiger charge is 2.14. The van der Waals surface area contributed by atoms with Crippen LogP contribution in [0.2, 0.25) is 0 Å². The molecule has 0 fully saturated rings. The highest BCUT2D eigenvalue weighted by Crippen LogP contribution is 2.28. The summed E-state index contributed by atoms with van der Waals surface area (Å²) >= 11 is 1.36. The van der Waals surface area contributed by atoms with Crippen LogP contribution in [0.4, 0.5) is 11.4 Å². The maximum Gasteiger partial charge on any atom is 0.265 e. The van der Waals surface area contributed by atoms with Crippen LogP contribution in [-0.2, 0) is 0 Å². The molecule has 0 saturated heterocycles. The number of aromatic nitrogens is 1. The van der Waals surface area contributed by atoms with Crippen molar-refractivity contribution in [3.8, 4) is 11.6 Å². The summed E-state index contributed by atoms with van der Waals surface area (Å²) in [6.07, 6.45) is 1.51. The molecule has 0 aliphatic rings. The van der Waals surface area contributed by atoms with Crippen molar-refractivity contribution in [3.05, 3.63) is 106 Å². The molecule has 2 heterocycles. The second kappa shape index (κ2) is 9.28. The van der Waals surface area contributed by atoms with E-state index in [4.69, 9.17) is 0 Å². The Morgan fingerprint density at radius 2 is 1.71 bits per heavy atom. The van der Waals surface area contributed by atoms with Gasteiger partial charge in [-0.3, -0.25) is 14.6 Å². The van der Waals surface area contributed by atoms with Crippen LogP contribution in [0.1, 0.15) is 31.2 Å². The summed E-state index contributed by atoms with van der Waals surface area (Å²) < 4.78 is 0. The number of hydrogen-bond donors (Lipinski definition) is 4. The van der Waals surface area contributed by atoms with Crippen molar-refractivity contribution >= 4 is 51.5 Å². The maximum absolute atomic E-state index is 13.0. The van der Waals surface area contributed by atoms with Crippen LogP contribution in [0.15, 0.2) is 89.2 Å². The Labute approximate surface area is 204 Å². The van der Waals surface area contributed by atoms with Crippen molar-refractivity contribution < 1.29 is 19.8 Å². The first-order chi connectivity index (χ1) is 17.0. The van der Waals surface area contributed by atoms with Gasteiger partial charge in [0.1, 0.15) is 5.75 Å². The Balaban J connectivity index is 1.35. The summed E-state index contributed by atoms with van der Waals surface area (Å²) in [4.78, 5) is 33.0. The van der Waals surface area contributed by atoms with Crippen molar-refractivity contribution in [2.75, 3.05) is 5.32 Å². The molecule has 1 amide bonds. The number of aromatic hydroxyl groups is 2. The lowest BCUT2D eigenvalue weighted by Crippen LogP contribution is -2.10. The zero-order valence-corrected chi connectivity index (χ0v) is 19.0. The van der Waals surface area contributed by atoms with Crippen LogP contribution in [0, 0.1) is 0 Å².